The van der Waals surface area contributed by atoms with Gasteiger partial charge in [-0.2, -0.15) is 13.2 Å². The molecule has 0 spiro atoms. The van der Waals surface area contributed by atoms with Crippen molar-refractivity contribution >= 4 is 11.9 Å². The molecule has 1 N–H and O–H groups in total. The minimum atomic E-state index is -4.46. The summed E-state index contributed by atoms with van der Waals surface area (Å²) in [4.78, 5) is 13.0. The zero-order valence-corrected chi connectivity index (χ0v) is 23.3. The number of benzene rings is 2. The van der Waals surface area contributed by atoms with Crippen molar-refractivity contribution in [1.82, 2.24) is 5.32 Å². The van der Waals surface area contributed by atoms with Gasteiger partial charge in [-0.1, -0.05) is 37.3 Å². The molecule has 1 aliphatic rings. The van der Waals surface area contributed by atoms with Crippen molar-refractivity contribution in [2.75, 3.05) is 42.1 Å². The predicted molar refractivity (Wildman–Crippen MR) is 146 cm³/mol. The van der Waals surface area contributed by atoms with Gasteiger partial charge in [0.2, 0.25) is 5.75 Å². The second-order valence-electron chi connectivity index (χ2n) is 9.08. The first kappa shape index (κ1) is 30.6. The Labute approximate surface area is 232 Å². The number of Topliss-reactive ketones (excluding diaryl/α,β-unsaturated/α-hetero) is 1. The van der Waals surface area contributed by atoms with E-state index in [-0.39, 0.29) is 24.0 Å². The van der Waals surface area contributed by atoms with E-state index < -0.39 is 17.7 Å². The van der Waals surface area contributed by atoms with E-state index in [1.807, 2.05) is 30.4 Å². The van der Waals surface area contributed by atoms with Gasteiger partial charge < -0.3 is 29.0 Å². The van der Waals surface area contributed by atoms with E-state index in [1.54, 1.807) is 35.4 Å². The summed E-state index contributed by atoms with van der Waals surface area (Å²) in [7, 11) is 7.76. The van der Waals surface area contributed by atoms with Crippen molar-refractivity contribution in [1.29, 1.82) is 0 Å². The summed E-state index contributed by atoms with van der Waals surface area (Å²) in [5.74, 6) is 1.27. The number of rotatable bonds is 12. The number of carbonyl (C=O) groups is 1. The van der Waals surface area contributed by atoms with Gasteiger partial charge in [-0.05, 0) is 41.8 Å². The Balaban J connectivity index is 1.84. The largest absolute Gasteiger partial charge is 0.496 e. The number of methoxy groups -OCH3 is 5. The first-order chi connectivity index (χ1) is 19.1. The van der Waals surface area contributed by atoms with E-state index in [2.05, 4.69) is 5.32 Å². The van der Waals surface area contributed by atoms with Crippen LogP contribution in [0.5, 0.6) is 17.2 Å². The van der Waals surface area contributed by atoms with Gasteiger partial charge >= 0.3 is 6.18 Å². The van der Waals surface area contributed by atoms with E-state index in [4.69, 9.17) is 23.7 Å². The zero-order valence-electron chi connectivity index (χ0n) is 23.3. The summed E-state index contributed by atoms with van der Waals surface area (Å²) in [6.07, 6.45) is 1.56. The van der Waals surface area contributed by atoms with Crippen molar-refractivity contribution in [3.05, 3.63) is 82.3 Å². The van der Waals surface area contributed by atoms with Crippen LogP contribution in [0.1, 0.15) is 34.8 Å². The molecular weight excluding hydrogens is 527 g/mol. The molecule has 0 bridgehead atoms. The van der Waals surface area contributed by atoms with Gasteiger partial charge in [0.1, 0.15) is 11.9 Å². The van der Waals surface area contributed by atoms with Gasteiger partial charge in [0, 0.05) is 25.1 Å². The number of nitrogens with one attached hydrogen (secondary N) is 1. The molecule has 0 radical (unpaired) electrons. The maximum atomic E-state index is 13.0. The molecule has 0 amide bonds. The molecule has 216 valence electrons. The molecule has 0 saturated heterocycles. The highest BCUT2D eigenvalue weighted by atomic mass is 19.4. The lowest BCUT2D eigenvalue weighted by atomic mass is 9.95. The molecular formula is C30H34F3NO6. The van der Waals surface area contributed by atoms with Gasteiger partial charge in [-0.25, -0.2) is 0 Å². The second-order valence-corrected chi connectivity index (χ2v) is 9.08. The molecule has 7 nitrogen and oxygen atoms in total. The minimum Gasteiger partial charge on any atom is -0.496 e. The summed E-state index contributed by atoms with van der Waals surface area (Å²) >= 11 is 0. The van der Waals surface area contributed by atoms with Crippen molar-refractivity contribution in [2.24, 2.45) is 5.92 Å². The van der Waals surface area contributed by atoms with Crippen LogP contribution >= 0.6 is 0 Å². The fraction of sp³-hybridized carbons (Fsp3) is 0.367. The fourth-order valence-corrected chi connectivity index (χ4v) is 4.36. The standard InChI is InChI=1S/C30H34F3NO6/c1-18(27(35)21-9-12-22(13-10-21)30(31,32)33)17-34-26-20(11-14-23(36-2)29(26)40-6)8-7-19-15-24(37-3)28(39-5)25(16-19)38-4/h7-13,15-16,18,23,34H,14,17H2,1-6H3/b8-7-. The Bertz CT molecular complexity index is 1260. The Hall–Kier alpha value is -3.92. The minimum absolute atomic E-state index is 0.208. The highest BCUT2D eigenvalue weighted by molar-refractivity contribution is 5.97. The molecule has 2 atom stereocenters. The van der Waals surface area contributed by atoms with Crippen molar-refractivity contribution in [3.63, 3.8) is 0 Å². The lowest BCUT2D eigenvalue weighted by Crippen LogP contribution is -2.31. The molecule has 0 fully saturated rings. The topological polar surface area (TPSA) is 75.3 Å². The van der Waals surface area contributed by atoms with Gasteiger partial charge in [0.05, 0.1) is 39.7 Å². The Morgan fingerprint density at radius 3 is 2.10 bits per heavy atom. The van der Waals surface area contributed by atoms with Crippen LogP contribution in [0.15, 0.2) is 65.6 Å². The molecule has 0 aromatic heterocycles. The van der Waals surface area contributed by atoms with Crippen molar-refractivity contribution < 1.29 is 41.7 Å². The number of carbonyl (C=O) groups excluding carboxylic acids is 1. The maximum absolute atomic E-state index is 13.0. The highest BCUT2D eigenvalue weighted by Crippen LogP contribution is 2.39. The van der Waals surface area contributed by atoms with Crippen LogP contribution < -0.4 is 19.5 Å². The molecule has 2 aromatic rings. The van der Waals surface area contributed by atoms with E-state index in [1.165, 1.54) is 19.2 Å². The van der Waals surface area contributed by atoms with E-state index in [9.17, 15) is 18.0 Å². The molecule has 40 heavy (non-hydrogen) atoms. The van der Waals surface area contributed by atoms with Gasteiger partial charge in [-0.15, -0.1) is 0 Å². The number of hydrogen-bond donors (Lipinski definition) is 1. The summed E-state index contributed by atoms with van der Waals surface area (Å²) in [5.41, 5.74) is 1.67. The number of alkyl halides is 3. The van der Waals surface area contributed by atoms with Crippen molar-refractivity contribution in [2.45, 2.75) is 25.6 Å². The average Bonchev–Trinajstić information content (AvgIpc) is 2.96. The molecule has 1 aliphatic carbocycles. The van der Waals surface area contributed by atoms with Crippen LogP contribution in [0.25, 0.3) is 6.08 Å². The van der Waals surface area contributed by atoms with Crippen LogP contribution in [-0.4, -0.2) is 54.0 Å². The van der Waals surface area contributed by atoms with Crippen molar-refractivity contribution in [3.8, 4) is 17.2 Å². The number of hydrogen-bond acceptors (Lipinski definition) is 7. The van der Waals surface area contributed by atoms with E-state index in [0.717, 1.165) is 23.3 Å². The van der Waals surface area contributed by atoms with Crippen LogP contribution in [0.3, 0.4) is 0 Å². The summed E-state index contributed by atoms with van der Waals surface area (Å²) < 4.78 is 66.3. The zero-order chi connectivity index (χ0) is 29.4. The predicted octanol–water partition coefficient (Wildman–Crippen LogP) is 6.06. The lowest BCUT2D eigenvalue weighted by Gasteiger charge is -2.27. The molecule has 3 rings (SSSR count). The molecule has 2 aromatic carbocycles. The molecule has 2 unspecified atom stereocenters. The smallest absolute Gasteiger partial charge is 0.416 e. The van der Waals surface area contributed by atoms with Crippen LogP contribution in [0, 0.1) is 5.92 Å². The molecule has 0 aliphatic heterocycles. The fourth-order valence-electron chi connectivity index (χ4n) is 4.36. The molecule has 10 heteroatoms. The highest BCUT2D eigenvalue weighted by Gasteiger charge is 2.31. The Morgan fingerprint density at radius 1 is 0.975 bits per heavy atom. The number of halogens is 3. The maximum Gasteiger partial charge on any atom is 0.416 e. The molecule has 0 heterocycles. The summed E-state index contributed by atoms with van der Waals surface area (Å²) in [5, 5.41) is 3.31. The number of ketones is 1. The number of allylic oxidation sites excluding steroid dienone is 1. The Kier molecular flexibility index (Phi) is 10.3. The quantitative estimate of drug-likeness (QED) is 0.316. The van der Waals surface area contributed by atoms with Crippen LogP contribution in [0.2, 0.25) is 0 Å². The van der Waals surface area contributed by atoms with Gasteiger partial charge in [0.25, 0.3) is 0 Å². The van der Waals surface area contributed by atoms with Gasteiger partial charge in [-0.3, -0.25) is 4.79 Å². The normalized spacial score (nSPS) is 16.4. The van der Waals surface area contributed by atoms with Crippen LogP contribution in [0.4, 0.5) is 13.2 Å². The average molecular weight is 562 g/mol. The monoisotopic (exact) mass is 561 g/mol. The number of ether oxygens (including phenoxy) is 5. The van der Waals surface area contributed by atoms with Gasteiger partial charge in [0.15, 0.2) is 17.3 Å². The SMILES string of the molecule is COC1=C(NCC(C)C(=O)c2ccc(C(F)(F)F)cc2)C(/C=C\c2cc(OC)c(OC)c(OC)c2)=CCC1OC. The third-order valence-corrected chi connectivity index (χ3v) is 6.56. The summed E-state index contributed by atoms with van der Waals surface area (Å²) in [6.45, 7) is 1.93. The third-order valence-electron chi connectivity index (χ3n) is 6.56. The van der Waals surface area contributed by atoms with E-state index >= 15 is 0 Å². The summed E-state index contributed by atoms with van der Waals surface area (Å²) in [6, 6.07) is 7.87. The third kappa shape index (κ3) is 6.98. The van der Waals surface area contributed by atoms with E-state index in [0.29, 0.717) is 35.1 Å². The first-order valence-electron chi connectivity index (χ1n) is 12.5. The Morgan fingerprint density at radius 2 is 1.60 bits per heavy atom. The lowest BCUT2D eigenvalue weighted by molar-refractivity contribution is -0.137. The first-order valence-corrected chi connectivity index (χ1v) is 12.5. The second kappa shape index (κ2) is 13.4. The molecule has 0 saturated carbocycles. The van der Waals surface area contributed by atoms with Crippen LogP contribution in [-0.2, 0) is 15.7 Å².